The number of rotatable bonds is 4. The summed E-state index contributed by atoms with van der Waals surface area (Å²) in [5.74, 6) is -0.325. The molecule has 1 aromatic heterocycles. The van der Waals surface area contributed by atoms with Crippen LogP contribution in [0.2, 0.25) is 0 Å². The van der Waals surface area contributed by atoms with Gasteiger partial charge in [-0.3, -0.25) is 19.1 Å². The van der Waals surface area contributed by atoms with Gasteiger partial charge in [0.15, 0.2) is 0 Å². The van der Waals surface area contributed by atoms with Crippen molar-refractivity contribution in [2.45, 2.75) is 45.6 Å². The van der Waals surface area contributed by atoms with Crippen molar-refractivity contribution < 1.29 is 14.6 Å². The second kappa shape index (κ2) is 6.45. The van der Waals surface area contributed by atoms with Gasteiger partial charge in [0.1, 0.15) is 12.3 Å². The number of hydrogen-bond acceptors (Lipinski definition) is 5. The van der Waals surface area contributed by atoms with Gasteiger partial charge in [-0.1, -0.05) is 13.8 Å². The molecule has 0 spiro atoms. The van der Waals surface area contributed by atoms with Crippen LogP contribution in [0, 0.1) is 12.8 Å². The van der Waals surface area contributed by atoms with Crippen LogP contribution >= 0.6 is 0 Å². The van der Waals surface area contributed by atoms with Gasteiger partial charge in [-0.15, -0.1) is 0 Å². The third-order valence-corrected chi connectivity index (χ3v) is 3.72. The lowest BCUT2D eigenvalue weighted by Crippen LogP contribution is -2.43. The Morgan fingerprint density at radius 1 is 1.55 bits per heavy atom. The van der Waals surface area contributed by atoms with Crippen molar-refractivity contribution >= 4 is 5.91 Å². The summed E-state index contributed by atoms with van der Waals surface area (Å²) in [6.45, 7) is 4.86. The summed E-state index contributed by atoms with van der Waals surface area (Å²) in [4.78, 5) is 37.3. The largest absolute Gasteiger partial charge is 0.394 e. The highest BCUT2D eigenvalue weighted by atomic mass is 16.5. The molecule has 0 aromatic carbocycles. The van der Waals surface area contributed by atoms with E-state index in [4.69, 9.17) is 4.74 Å². The van der Waals surface area contributed by atoms with Crippen molar-refractivity contribution in [1.29, 1.82) is 0 Å². The number of ether oxygens (including phenoxy) is 1. The molecule has 1 saturated heterocycles. The second-order valence-corrected chi connectivity index (χ2v) is 5.80. The fourth-order valence-corrected chi connectivity index (χ4v) is 2.37. The molecule has 1 fully saturated rings. The molecule has 0 unspecified atom stereocenters. The van der Waals surface area contributed by atoms with Crippen molar-refractivity contribution in [1.82, 2.24) is 14.9 Å². The predicted octanol–water partition coefficient (Wildman–Crippen LogP) is -0.734. The number of nitrogens with zero attached hydrogens (tertiary/aromatic N) is 1. The molecule has 2 rings (SSSR count). The summed E-state index contributed by atoms with van der Waals surface area (Å²) < 4.78 is 6.92. The van der Waals surface area contributed by atoms with Gasteiger partial charge in [0.2, 0.25) is 5.91 Å². The number of carbonyl (C=O) groups excluding carboxylic acids is 1. The number of hydrogen-bond donors (Lipinski definition) is 3. The molecular weight excluding hydrogens is 290 g/mol. The fraction of sp³-hybridized carbons (Fsp3) is 0.643. The van der Waals surface area contributed by atoms with Crippen molar-refractivity contribution in [2.24, 2.45) is 5.92 Å². The molecule has 0 aliphatic carbocycles. The van der Waals surface area contributed by atoms with Crippen LogP contribution in [0.4, 0.5) is 0 Å². The summed E-state index contributed by atoms with van der Waals surface area (Å²) in [7, 11) is 0. The van der Waals surface area contributed by atoms with Gasteiger partial charge in [0.05, 0.1) is 12.6 Å². The molecule has 8 heteroatoms. The number of carbonyl (C=O) groups is 1. The SMILES string of the molecule is Cc1cn([C@H]2C[C@H](NC(=O)C(C)C)[C@@H](CO)O2)c(=O)[nH]c1=O. The molecule has 22 heavy (non-hydrogen) atoms. The monoisotopic (exact) mass is 311 g/mol. The van der Waals surface area contributed by atoms with Gasteiger partial charge in [-0.25, -0.2) is 4.79 Å². The molecule has 0 bridgehead atoms. The molecule has 3 N–H and O–H groups in total. The fourth-order valence-electron chi connectivity index (χ4n) is 2.37. The van der Waals surface area contributed by atoms with Crippen LogP contribution in [-0.2, 0) is 9.53 Å². The number of aromatic amines is 1. The Balaban J connectivity index is 2.22. The number of aliphatic hydroxyl groups excluding tert-OH is 1. The van der Waals surface area contributed by atoms with E-state index in [1.807, 2.05) is 0 Å². The van der Waals surface area contributed by atoms with Crippen molar-refractivity contribution in [3.05, 3.63) is 32.6 Å². The molecule has 8 nitrogen and oxygen atoms in total. The first kappa shape index (κ1) is 16.4. The zero-order valence-corrected chi connectivity index (χ0v) is 12.8. The van der Waals surface area contributed by atoms with Gasteiger partial charge < -0.3 is 15.2 Å². The Bertz CT molecular complexity index is 663. The van der Waals surface area contributed by atoms with Crippen LogP contribution in [0.15, 0.2) is 15.8 Å². The van der Waals surface area contributed by atoms with E-state index in [9.17, 15) is 19.5 Å². The summed E-state index contributed by atoms with van der Waals surface area (Å²) >= 11 is 0. The standard InChI is InChI=1S/C14H21N3O5/c1-7(2)12(19)15-9-4-11(22-10(9)6-18)17-5-8(3)13(20)16-14(17)21/h5,7,9-11,18H,4,6H2,1-3H3,(H,15,19)(H,16,20,21)/t9-,10+,11+/m0/s1. The van der Waals surface area contributed by atoms with Gasteiger partial charge in [-0.05, 0) is 6.92 Å². The second-order valence-electron chi connectivity index (χ2n) is 5.80. The molecule has 1 aliphatic heterocycles. The quantitative estimate of drug-likeness (QED) is 0.678. The van der Waals surface area contributed by atoms with E-state index >= 15 is 0 Å². The van der Waals surface area contributed by atoms with Crippen molar-refractivity contribution in [3.63, 3.8) is 0 Å². The molecule has 2 heterocycles. The first-order valence-electron chi connectivity index (χ1n) is 7.22. The Morgan fingerprint density at radius 2 is 2.23 bits per heavy atom. The summed E-state index contributed by atoms with van der Waals surface area (Å²) in [5, 5.41) is 12.2. The minimum atomic E-state index is -0.641. The van der Waals surface area contributed by atoms with Crippen LogP contribution in [0.5, 0.6) is 0 Å². The maximum absolute atomic E-state index is 11.9. The van der Waals surface area contributed by atoms with E-state index in [-0.39, 0.29) is 24.5 Å². The van der Waals surface area contributed by atoms with E-state index in [0.717, 1.165) is 0 Å². The van der Waals surface area contributed by atoms with Gasteiger partial charge in [-0.2, -0.15) is 0 Å². The summed E-state index contributed by atoms with van der Waals surface area (Å²) in [5.41, 5.74) is -0.630. The normalized spacial score (nSPS) is 24.7. The average Bonchev–Trinajstić information content (AvgIpc) is 2.85. The molecule has 1 aliphatic rings. The minimum absolute atomic E-state index is 0.141. The van der Waals surface area contributed by atoms with Crippen LogP contribution in [-0.4, -0.2) is 39.3 Å². The zero-order chi connectivity index (χ0) is 16.4. The van der Waals surface area contributed by atoms with Crippen LogP contribution in [0.3, 0.4) is 0 Å². The maximum atomic E-state index is 11.9. The van der Waals surface area contributed by atoms with Crippen LogP contribution < -0.4 is 16.6 Å². The van der Waals surface area contributed by atoms with E-state index in [2.05, 4.69) is 10.3 Å². The lowest BCUT2D eigenvalue weighted by Gasteiger charge is -2.18. The average molecular weight is 311 g/mol. The first-order chi connectivity index (χ1) is 10.3. The highest BCUT2D eigenvalue weighted by Gasteiger charge is 2.37. The number of nitrogens with one attached hydrogen (secondary N) is 2. The first-order valence-corrected chi connectivity index (χ1v) is 7.22. The van der Waals surface area contributed by atoms with Crippen molar-refractivity contribution in [2.75, 3.05) is 6.61 Å². The smallest absolute Gasteiger partial charge is 0.330 e. The number of H-pyrrole nitrogens is 1. The number of aliphatic hydroxyl groups is 1. The summed E-state index contributed by atoms with van der Waals surface area (Å²) in [6.07, 6.45) is 0.534. The maximum Gasteiger partial charge on any atom is 0.330 e. The Kier molecular flexibility index (Phi) is 4.82. The number of amides is 1. The Hall–Kier alpha value is -1.93. The molecule has 3 atom stereocenters. The van der Waals surface area contributed by atoms with E-state index < -0.39 is 23.6 Å². The molecule has 1 aromatic rings. The molecule has 1 amide bonds. The lowest BCUT2D eigenvalue weighted by atomic mass is 10.1. The third-order valence-electron chi connectivity index (χ3n) is 3.72. The van der Waals surface area contributed by atoms with E-state index in [0.29, 0.717) is 12.0 Å². The Morgan fingerprint density at radius 3 is 2.82 bits per heavy atom. The van der Waals surface area contributed by atoms with Crippen molar-refractivity contribution in [3.8, 4) is 0 Å². The molecule has 122 valence electrons. The summed E-state index contributed by atoms with van der Waals surface area (Å²) in [6, 6.07) is -0.385. The highest BCUT2D eigenvalue weighted by molar-refractivity contribution is 5.78. The lowest BCUT2D eigenvalue weighted by molar-refractivity contribution is -0.125. The number of aromatic nitrogens is 2. The highest BCUT2D eigenvalue weighted by Crippen LogP contribution is 2.27. The van der Waals surface area contributed by atoms with E-state index in [1.165, 1.54) is 10.8 Å². The third kappa shape index (κ3) is 3.28. The minimum Gasteiger partial charge on any atom is -0.394 e. The topological polar surface area (TPSA) is 113 Å². The van der Waals surface area contributed by atoms with Gasteiger partial charge in [0.25, 0.3) is 5.56 Å². The molecular formula is C14H21N3O5. The van der Waals surface area contributed by atoms with Gasteiger partial charge in [0, 0.05) is 24.1 Å². The van der Waals surface area contributed by atoms with Gasteiger partial charge >= 0.3 is 5.69 Å². The molecule has 0 saturated carbocycles. The Labute approximate surface area is 127 Å². The van der Waals surface area contributed by atoms with Crippen LogP contribution in [0.25, 0.3) is 0 Å². The van der Waals surface area contributed by atoms with E-state index in [1.54, 1.807) is 20.8 Å². The predicted molar refractivity (Wildman–Crippen MR) is 78.4 cm³/mol. The van der Waals surface area contributed by atoms with Crippen LogP contribution in [0.1, 0.15) is 32.1 Å². The zero-order valence-electron chi connectivity index (χ0n) is 12.8. The number of aryl methyl sites for hydroxylation is 1. The molecule has 0 radical (unpaired) electrons.